The molecule has 0 aliphatic rings. The molecule has 1 aromatic heterocycles. The third kappa shape index (κ3) is 5.83. The number of ether oxygens (including phenoxy) is 2. The van der Waals surface area contributed by atoms with E-state index >= 15 is 0 Å². The molecule has 0 spiro atoms. The molecule has 0 atom stereocenters. The molecular formula is C17H22N2O2. The number of nitrogens with one attached hydrogen (secondary N) is 1. The van der Waals surface area contributed by atoms with Gasteiger partial charge in [-0.15, -0.1) is 0 Å². The van der Waals surface area contributed by atoms with Gasteiger partial charge in [-0.05, 0) is 37.6 Å². The van der Waals surface area contributed by atoms with Crippen LogP contribution in [0, 0.1) is 0 Å². The summed E-state index contributed by atoms with van der Waals surface area (Å²) < 4.78 is 11.1. The average molecular weight is 286 g/mol. The van der Waals surface area contributed by atoms with Crippen LogP contribution in [0.1, 0.15) is 19.4 Å². The summed E-state index contributed by atoms with van der Waals surface area (Å²) >= 11 is 0. The van der Waals surface area contributed by atoms with Crippen molar-refractivity contribution in [3.63, 3.8) is 0 Å². The summed E-state index contributed by atoms with van der Waals surface area (Å²) in [6.07, 6.45) is 1.93. The molecule has 0 aliphatic carbocycles. The fourth-order valence-corrected chi connectivity index (χ4v) is 1.85. The van der Waals surface area contributed by atoms with E-state index < -0.39 is 0 Å². The Bertz CT molecular complexity index is 512. The molecule has 2 aromatic rings. The van der Waals surface area contributed by atoms with E-state index in [0.29, 0.717) is 12.5 Å². The molecule has 0 unspecified atom stereocenters. The number of hydrogen-bond acceptors (Lipinski definition) is 4. The van der Waals surface area contributed by atoms with Crippen LogP contribution in [-0.2, 0) is 6.54 Å². The minimum atomic E-state index is 0.206. The maximum absolute atomic E-state index is 5.61. The van der Waals surface area contributed by atoms with Gasteiger partial charge in [0.2, 0.25) is 5.88 Å². The Hall–Kier alpha value is -2.07. The first-order valence-electron chi connectivity index (χ1n) is 7.24. The lowest BCUT2D eigenvalue weighted by atomic mass is 10.2. The maximum Gasteiger partial charge on any atom is 0.213 e. The van der Waals surface area contributed by atoms with Gasteiger partial charge in [0.05, 0.1) is 6.10 Å². The number of hydrogen-bond donors (Lipinski definition) is 1. The van der Waals surface area contributed by atoms with Crippen LogP contribution in [0.4, 0.5) is 0 Å². The van der Waals surface area contributed by atoms with Crippen LogP contribution < -0.4 is 14.8 Å². The van der Waals surface area contributed by atoms with Crippen molar-refractivity contribution in [2.75, 3.05) is 13.2 Å². The molecule has 0 amide bonds. The third-order valence-electron chi connectivity index (χ3n) is 2.79. The average Bonchev–Trinajstić information content (AvgIpc) is 2.49. The molecule has 112 valence electrons. The van der Waals surface area contributed by atoms with Crippen LogP contribution >= 0.6 is 0 Å². The summed E-state index contributed by atoms with van der Waals surface area (Å²) in [5.74, 6) is 1.57. The quantitative estimate of drug-likeness (QED) is 0.758. The first-order valence-corrected chi connectivity index (χ1v) is 7.24. The zero-order valence-electron chi connectivity index (χ0n) is 12.6. The molecule has 2 rings (SSSR count). The normalized spacial score (nSPS) is 10.6. The van der Waals surface area contributed by atoms with Crippen molar-refractivity contribution < 1.29 is 9.47 Å². The van der Waals surface area contributed by atoms with Crippen LogP contribution in [0.3, 0.4) is 0 Å². The van der Waals surface area contributed by atoms with E-state index in [1.165, 1.54) is 5.56 Å². The fourth-order valence-electron chi connectivity index (χ4n) is 1.85. The number of aromatic nitrogens is 1. The third-order valence-corrected chi connectivity index (χ3v) is 2.79. The zero-order valence-corrected chi connectivity index (χ0v) is 12.6. The summed E-state index contributed by atoms with van der Waals surface area (Å²) in [5.41, 5.74) is 1.23. The molecule has 1 heterocycles. The highest BCUT2D eigenvalue weighted by Crippen LogP contribution is 2.13. The second kappa shape index (κ2) is 8.27. The molecular weight excluding hydrogens is 264 g/mol. The molecule has 4 heteroatoms. The topological polar surface area (TPSA) is 43.4 Å². The van der Waals surface area contributed by atoms with E-state index in [1.807, 2.05) is 44.2 Å². The summed E-state index contributed by atoms with van der Waals surface area (Å²) in [5, 5.41) is 3.34. The Morgan fingerprint density at radius 2 is 1.90 bits per heavy atom. The lowest BCUT2D eigenvalue weighted by Crippen LogP contribution is -2.20. The molecule has 0 fully saturated rings. The van der Waals surface area contributed by atoms with Crippen molar-refractivity contribution in [3.8, 4) is 11.6 Å². The highest BCUT2D eigenvalue weighted by molar-refractivity contribution is 5.27. The first kappa shape index (κ1) is 15.3. The van der Waals surface area contributed by atoms with E-state index in [0.717, 1.165) is 18.8 Å². The second-order valence-corrected chi connectivity index (χ2v) is 5.00. The summed E-state index contributed by atoms with van der Waals surface area (Å²) in [4.78, 5) is 4.10. The number of benzene rings is 1. The van der Waals surface area contributed by atoms with E-state index in [2.05, 4.69) is 22.4 Å². The maximum atomic E-state index is 5.61. The molecule has 1 aromatic carbocycles. The molecule has 0 aliphatic heterocycles. The van der Waals surface area contributed by atoms with Gasteiger partial charge >= 0.3 is 0 Å². The fraction of sp³-hybridized carbons (Fsp3) is 0.353. The zero-order chi connectivity index (χ0) is 14.9. The van der Waals surface area contributed by atoms with Crippen LogP contribution in [0.15, 0.2) is 48.7 Å². The van der Waals surface area contributed by atoms with Gasteiger partial charge in [0.15, 0.2) is 0 Å². The molecule has 0 saturated heterocycles. The van der Waals surface area contributed by atoms with E-state index in [-0.39, 0.29) is 6.10 Å². The van der Waals surface area contributed by atoms with Crippen LogP contribution in [0.2, 0.25) is 0 Å². The summed E-state index contributed by atoms with van der Waals surface area (Å²) in [6.45, 7) is 6.24. The predicted octanol–water partition coefficient (Wildman–Crippen LogP) is 3.04. The van der Waals surface area contributed by atoms with Gasteiger partial charge in [-0.25, -0.2) is 4.98 Å². The summed E-state index contributed by atoms with van der Waals surface area (Å²) in [7, 11) is 0. The highest BCUT2D eigenvalue weighted by atomic mass is 16.5. The Morgan fingerprint density at radius 3 is 2.57 bits per heavy atom. The van der Waals surface area contributed by atoms with Crippen molar-refractivity contribution in [2.45, 2.75) is 26.5 Å². The van der Waals surface area contributed by atoms with Crippen LogP contribution in [0.5, 0.6) is 11.6 Å². The predicted molar refractivity (Wildman–Crippen MR) is 83.6 cm³/mol. The highest BCUT2D eigenvalue weighted by Gasteiger charge is 1.98. The SMILES string of the molecule is CC(C)Oc1ccc(CNCCOc2ccccn2)cc1. The first-order chi connectivity index (χ1) is 10.2. The second-order valence-electron chi connectivity index (χ2n) is 5.00. The van der Waals surface area contributed by atoms with Crippen molar-refractivity contribution in [2.24, 2.45) is 0 Å². The Balaban J connectivity index is 1.64. The molecule has 0 radical (unpaired) electrons. The van der Waals surface area contributed by atoms with Crippen LogP contribution in [0.25, 0.3) is 0 Å². The largest absolute Gasteiger partial charge is 0.491 e. The minimum Gasteiger partial charge on any atom is -0.491 e. The Morgan fingerprint density at radius 1 is 1.10 bits per heavy atom. The summed E-state index contributed by atoms with van der Waals surface area (Å²) in [6, 6.07) is 13.8. The number of nitrogens with zero attached hydrogens (tertiary/aromatic N) is 1. The molecule has 21 heavy (non-hydrogen) atoms. The van der Waals surface area contributed by atoms with Gasteiger partial charge in [0.25, 0.3) is 0 Å². The monoisotopic (exact) mass is 286 g/mol. The number of rotatable bonds is 8. The Kier molecular flexibility index (Phi) is 6.03. The molecule has 1 N–H and O–H groups in total. The van der Waals surface area contributed by atoms with Gasteiger partial charge in [-0.1, -0.05) is 18.2 Å². The van der Waals surface area contributed by atoms with Gasteiger partial charge in [0, 0.05) is 25.4 Å². The van der Waals surface area contributed by atoms with E-state index in [1.54, 1.807) is 6.20 Å². The van der Waals surface area contributed by atoms with Crippen molar-refractivity contribution in [1.82, 2.24) is 10.3 Å². The lowest BCUT2D eigenvalue weighted by Gasteiger charge is -2.10. The van der Waals surface area contributed by atoms with Crippen molar-refractivity contribution in [1.29, 1.82) is 0 Å². The van der Waals surface area contributed by atoms with Crippen LogP contribution in [-0.4, -0.2) is 24.2 Å². The Labute approximate surface area is 126 Å². The smallest absolute Gasteiger partial charge is 0.213 e. The van der Waals surface area contributed by atoms with Gasteiger partial charge in [-0.2, -0.15) is 0 Å². The molecule has 0 bridgehead atoms. The van der Waals surface area contributed by atoms with E-state index in [9.17, 15) is 0 Å². The van der Waals surface area contributed by atoms with Crippen molar-refractivity contribution in [3.05, 3.63) is 54.2 Å². The minimum absolute atomic E-state index is 0.206. The van der Waals surface area contributed by atoms with Gasteiger partial charge in [0.1, 0.15) is 12.4 Å². The molecule has 0 saturated carbocycles. The number of pyridine rings is 1. The van der Waals surface area contributed by atoms with Gasteiger partial charge in [-0.3, -0.25) is 0 Å². The lowest BCUT2D eigenvalue weighted by molar-refractivity contribution is 0.242. The van der Waals surface area contributed by atoms with Gasteiger partial charge < -0.3 is 14.8 Å². The van der Waals surface area contributed by atoms with Crippen molar-refractivity contribution >= 4 is 0 Å². The van der Waals surface area contributed by atoms with E-state index in [4.69, 9.17) is 9.47 Å². The standard InChI is InChI=1S/C17H22N2O2/c1-14(2)21-16-8-6-15(7-9-16)13-18-11-12-20-17-5-3-4-10-19-17/h3-10,14,18H,11-13H2,1-2H3. The molecule has 4 nitrogen and oxygen atoms in total.